The molecule has 1 aromatic carbocycles. The van der Waals surface area contributed by atoms with E-state index >= 15 is 0 Å². The quantitative estimate of drug-likeness (QED) is 0.875. The molecule has 118 valence electrons. The molecule has 2 amide bonds. The molecule has 0 bridgehead atoms. The molecular weight excluding hydrogens is 276 g/mol. The Morgan fingerprint density at radius 3 is 3.09 bits per heavy atom. The molecule has 1 aliphatic rings. The van der Waals surface area contributed by atoms with Gasteiger partial charge in [-0.2, -0.15) is 5.26 Å². The number of piperidine rings is 1. The summed E-state index contributed by atoms with van der Waals surface area (Å²) >= 11 is 0. The zero-order valence-corrected chi connectivity index (χ0v) is 13.1. The Bertz CT molecular complexity index is 538. The van der Waals surface area contributed by atoms with Gasteiger partial charge in [0, 0.05) is 26.2 Å². The molecule has 0 radical (unpaired) electrons. The number of nitrogens with one attached hydrogen (secondary N) is 2. The molecule has 0 spiro atoms. The number of nitriles is 1. The van der Waals surface area contributed by atoms with Crippen LogP contribution in [0.15, 0.2) is 24.3 Å². The van der Waals surface area contributed by atoms with Gasteiger partial charge in [0.1, 0.15) is 0 Å². The van der Waals surface area contributed by atoms with Gasteiger partial charge in [0.15, 0.2) is 0 Å². The van der Waals surface area contributed by atoms with Crippen LogP contribution in [0.3, 0.4) is 0 Å². The zero-order chi connectivity index (χ0) is 15.8. The highest BCUT2D eigenvalue weighted by Gasteiger charge is 2.20. The van der Waals surface area contributed by atoms with Gasteiger partial charge >= 0.3 is 6.03 Å². The summed E-state index contributed by atoms with van der Waals surface area (Å²) in [6.45, 7) is 6.22. The van der Waals surface area contributed by atoms with Crippen LogP contribution in [0.4, 0.5) is 4.79 Å². The molecule has 1 unspecified atom stereocenters. The molecule has 1 saturated heterocycles. The van der Waals surface area contributed by atoms with Crippen molar-refractivity contribution in [2.75, 3.05) is 26.2 Å². The maximum absolute atomic E-state index is 11.5. The molecule has 0 aliphatic carbocycles. The minimum Gasteiger partial charge on any atom is -0.338 e. The number of nitrogens with zero attached hydrogens (tertiary/aromatic N) is 2. The maximum atomic E-state index is 11.5. The molecule has 1 atom stereocenters. The van der Waals surface area contributed by atoms with E-state index in [1.165, 1.54) is 5.56 Å². The van der Waals surface area contributed by atoms with E-state index in [0.717, 1.165) is 39.0 Å². The fraction of sp³-hybridized carbons (Fsp3) is 0.529. The van der Waals surface area contributed by atoms with E-state index in [1.54, 1.807) is 0 Å². The number of carbonyl (C=O) groups excluding carboxylic acids is 1. The number of amides is 2. The van der Waals surface area contributed by atoms with E-state index in [-0.39, 0.29) is 6.03 Å². The fourth-order valence-corrected chi connectivity index (χ4v) is 2.92. The first-order valence-electron chi connectivity index (χ1n) is 7.94. The van der Waals surface area contributed by atoms with Crippen LogP contribution >= 0.6 is 0 Å². The highest BCUT2D eigenvalue weighted by Crippen LogP contribution is 2.18. The maximum Gasteiger partial charge on any atom is 0.314 e. The van der Waals surface area contributed by atoms with Crippen LogP contribution < -0.4 is 10.6 Å². The average molecular weight is 300 g/mol. The lowest BCUT2D eigenvalue weighted by Gasteiger charge is -2.32. The molecule has 5 nitrogen and oxygen atoms in total. The Hall–Kier alpha value is -2.06. The Balaban J connectivity index is 1.82. The zero-order valence-electron chi connectivity index (χ0n) is 13.1. The van der Waals surface area contributed by atoms with Gasteiger partial charge in [0.25, 0.3) is 0 Å². The Morgan fingerprint density at radius 1 is 1.45 bits per heavy atom. The first kappa shape index (κ1) is 16.3. The molecule has 5 heteroatoms. The molecule has 0 saturated carbocycles. The molecule has 22 heavy (non-hydrogen) atoms. The van der Waals surface area contributed by atoms with Gasteiger partial charge in [-0.25, -0.2) is 4.79 Å². The van der Waals surface area contributed by atoms with E-state index in [9.17, 15) is 4.79 Å². The van der Waals surface area contributed by atoms with E-state index in [2.05, 4.69) is 27.7 Å². The van der Waals surface area contributed by atoms with Crippen LogP contribution in [-0.4, -0.2) is 37.1 Å². The molecule has 1 fully saturated rings. The first-order chi connectivity index (χ1) is 10.7. The van der Waals surface area contributed by atoms with E-state index in [4.69, 9.17) is 5.26 Å². The largest absolute Gasteiger partial charge is 0.338 e. The van der Waals surface area contributed by atoms with Crippen LogP contribution in [0, 0.1) is 17.2 Å². The molecule has 1 heterocycles. The number of benzene rings is 1. The summed E-state index contributed by atoms with van der Waals surface area (Å²) in [5, 5.41) is 14.7. The van der Waals surface area contributed by atoms with Crippen molar-refractivity contribution in [2.45, 2.75) is 26.3 Å². The summed E-state index contributed by atoms with van der Waals surface area (Å²) in [4.78, 5) is 13.9. The molecule has 2 rings (SSSR count). The topological polar surface area (TPSA) is 68.2 Å². The van der Waals surface area contributed by atoms with Crippen molar-refractivity contribution in [3.8, 4) is 6.07 Å². The summed E-state index contributed by atoms with van der Waals surface area (Å²) in [7, 11) is 0. The van der Waals surface area contributed by atoms with Gasteiger partial charge in [0.2, 0.25) is 0 Å². The van der Waals surface area contributed by atoms with Crippen LogP contribution in [0.25, 0.3) is 0 Å². The lowest BCUT2D eigenvalue weighted by molar-refractivity contribution is 0.165. The van der Waals surface area contributed by atoms with E-state index in [0.29, 0.717) is 18.0 Å². The minimum absolute atomic E-state index is 0.0821. The van der Waals surface area contributed by atoms with Crippen LogP contribution in [0.2, 0.25) is 0 Å². The monoisotopic (exact) mass is 300 g/mol. The van der Waals surface area contributed by atoms with Crippen LogP contribution in [-0.2, 0) is 6.54 Å². The number of rotatable bonds is 5. The van der Waals surface area contributed by atoms with Crippen molar-refractivity contribution in [1.82, 2.24) is 15.5 Å². The number of hydrogen-bond acceptors (Lipinski definition) is 3. The second-order valence-electron chi connectivity index (χ2n) is 5.80. The van der Waals surface area contributed by atoms with Gasteiger partial charge < -0.3 is 10.6 Å². The second kappa shape index (κ2) is 8.40. The molecular formula is C17H24N4O. The van der Waals surface area contributed by atoms with Crippen molar-refractivity contribution in [1.29, 1.82) is 5.26 Å². The van der Waals surface area contributed by atoms with Crippen molar-refractivity contribution < 1.29 is 4.79 Å². The normalized spacial score (nSPS) is 18.5. The third kappa shape index (κ3) is 5.05. The predicted molar refractivity (Wildman–Crippen MR) is 86.2 cm³/mol. The Labute approximate surface area is 132 Å². The Morgan fingerprint density at radius 2 is 2.32 bits per heavy atom. The van der Waals surface area contributed by atoms with Crippen molar-refractivity contribution >= 4 is 6.03 Å². The summed E-state index contributed by atoms with van der Waals surface area (Å²) in [5.74, 6) is 0.496. The standard InChI is InChI=1S/C17H24N4O/c1-2-19-17(22)20-11-16-7-4-8-21(13-16)12-15-6-3-5-14(9-15)10-18/h3,5-6,9,16H,2,4,7-8,11-13H2,1H3,(H2,19,20,22). The highest BCUT2D eigenvalue weighted by atomic mass is 16.2. The Kier molecular flexibility index (Phi) is 6.23. The molecule has 0 aromatic heterocycles. The first-order valence-corrected chi connectivity index (χ1v) is 7.94. The van der Waals surface area contributed by atoms with Gasteiger partial charge in [-0.1, -0.05) is 12.1 Å². The van der Waals surface area contributed by atoms with E-state index in [1.807, 2.05) is 25.1 Å². The molecule has 2 N–H and O–H groups in total. The van der Waals surface area contributed by atoms with Crippen LogP contribution in [0.1, 0.15) is 30.9 Å². The van der Waals surface area contributed by atoms with E-state index < -0.39 is 0 Å². The summed E-state index contributed by atoms with van der Waals surface area (Å²) in [6, 6.07) is 9.89. The van der Waals surface area contributed by atoms with Crippen LogP contribution in [0.5, 0.6) is 0 Å². The number of urea groups is 1. The number of hydrogen-bond donors (Lipinski definition) is 2. The van der Waals surface area contributed by atoms with Crippen molar-refractivity contribution in [3.05, 3.63) is 35.4 Å². The van der Waals surface area contributed by atoms with Gasteiger partial charge in [-0.3, -0.25) is 4.90 Å². The summed E-state index contributed by atoms with van der Waals surface area (Å²) < 4.78 is 0. The number of likely N-dealkylation sites (tertiary alicyclic amines) is 1. The van der Waals surface area contributed by atoms with Gasteiger partial charge in [0.05, 0.1) is 11.6 Å². The highest BCUT2D eigenvalue weighted by molar-refractivity contribution is 5.73. The lowest BCUT2D eigenvalue weighted by atomic mass is 9.97. The van der Waals surface area contributed by atoms with Gasteiger partial charge in [-0.15, -0.1) is 0 Å². The minimum atomic E-state index is -0.0821. The second-order valence-corrected chi connectivity index (χ2v) is 5.80. The summed E-state index contributed by atoms with van der Waals surface area (Å²) in [6.07, 6.45) is 2.31. The SMILES string of the molecule is CCNC(=O)NCC1CCCN(Cc2cccc(C#N)c2)C1. The van der Waals surface area contributed by atoms with Gasteiger partial charge in [-0.05, 0) is 49.9 Å². The summed E-state index contributed by atoms with van der Waals surface area (Å²) in [5.41, 5.74) is 1.89. The number of carbonyl (C=O) groups is 1. The van der Waals surface area contributed by atoms with Crippen molar-refractivity contribution in [3.63, 3.8) is 0 Å². The predicted octanol–water partition coefficient (Wildman–Crippen LogP) is 2.09. The van der Waals surface area contributed by atoms with Crippen molar-refractivity contribution in [2.24, 2.45) is 5.92 Å². The third-order valence-corrected chi connectivity index (χ3v) is 3.95. The fourth-order valence-electron chi connectivity index (χ4n) is 2.92. The lowest BCUT2D eigenvalue weighted by Crippen LogP contribution is -2.43. The molecule has 1 aliphatic heterocycles. The molecule has 1 aromatic rings. The smallest absolute Gasteiger partial charge is 0.314 e. The average Bonchev–Trinajstić information content (AvgIpc) is 2.54. The third-order valence-electron chi connectivity index (χ3n) is 3.95.